The molecule has 0 spiro atoms. The quantitative estimate of drug-likeness (QED) is 0.697. The molecular formula is C8H13NS. The first-order valence-corrected chi connectivity index (χ1v) is 4.45. The van der Waals surface area contributed by atoms with Gasteiger partial charge in [-0.05, 0) is 27.8 Å². The lowest BCUT2D eigenvalue weighted by Gasteiger charge is -2.03. The van der Waals surface area contributed by atoms with Crippen LogP contribution >= 0.6 is 11.3 Å². The van der Waals surface area contributed by atoms with Crippen LogP contribution in [-0.2, 0) is 6.54 Å². The Morgan fingerprint density at radius 1 is 1.50 bits per heavy atom. The number of rotatable bonds is 2. The Morgan fingerprint density at radius 3 is 2.60 bits per heavy atom. The number of nitrogens with two attached hydrogens (primary N) is 1. The predicted molar refractivity (Wildman–Crippen MR) is 46.3 cm³/mol. The van der Waals surface area contributed by atoms with Gasteiger partial charge in [-0.2, -0.15) is 11.3 Å². The highest BCUT2D eigenvalue weighted by Gasteiger charge is 2.04. The fraction of sp³-hybridized carbons (Fsp3) is 0.500. The van der Waals surface area contributed by atoms with Gasteiger partial charge < -0.3 is 5.73 Å². The fourth-order valence-electron chi connectivity index (χ4n) is 1.01. The van der Waals surface area contributed by atoms with E-state index in [1.54, 1.807) is 11.3 Å². The van der Waals surface area contributed by atoms with E-state index >= 15 is 0 Å². The van der Waals surface area contributed by atoms with Gasteiger partial charge in [0.05, 0.1) is 0 Å². The zero-order chi connectivity index (χ0) is 7.56. The molecule has 0 radical (unpaired) electrons. The van der Waals surface area contributed by atoms with Gasteiger partial charge in [0, 0.05) is 6.54 Å². The summed E-state index contributed by atoms with van der Waals surface area (Å²) in [5.74, 6) is 0.616. The highest BCUT2D eigenvalue weighted by Crippen LogP contribution is 2.22. The van der Waals surface area contributed by atoms with Crippen LogP contribution < -0.4 is 5.73 Å². The minimum Gasteiger partial charge on any atom is -0.326 e. The monoisotopic (exact) mass is 155 g/mol. The van der Waals surface area contributed by atoms with Crippen LogP contribution in [0.5, 0.6) is 0 Å². The van der Waals surface area contributed by atoms with Gasteiger partial charge in [0.25, 0.3) is 0 Å². The average molecular weight is 155 g/mol. The van der Waals surface area contributed by atoms with Crippen molar-refractivity contribution in [3.8, 4) is 0 Å². The zero-order valence-corrected chi connectivity index (χ0v) is 7.24. The van der Waals surface area contributed by atoms with Crippen molar-refractivity contribution in [1.82, 2.24) is 0 Å². The predicted octanol–water partition coefficient (Wildman–Crippen LogP) is 2.33. The lowest BCUT2D eigenvalue weighted by atomic mass is 10.0. The molecule has 0 saturated heterocycles. The second-order valence-electron chi connectivity index (χ2n) is 2.71. The molecule has 0 amide bonds. The van der Waals surface area contributed by atoms with E-state index in [-0.39, 0.29) is 0 Å². The Bertz CT molecular complexity index is 203. The third kappa shape index (κ3) is 1.39. The van der Waals surface area contributed by atoms with Crippen molar-refractivity contribution in [2.75, 3.05) is 0 Å². The minimum atomic E-state index is 0.616. The second-order valence-corrected chi connectivity index (χ2v) is 3.45. The summed E-state index contributed by atoms with van der Waals surface area (Å²) in [6, 6.07) is 0. The highest BCUT2D eigenvalue weighted by molar-refractivity contribution is 7.08. The summed E-state index contributed by atoms with van der Waals surface area (Å²) in [5.41, 5.74) is 8.25. The molecule has 2 N–H and O–H groups in total. The molecule has 0 saturated carbocycles. The fourth-order valence-corrected chi connectivity index (χ4v) is 2.04. The van der Waals surface area contributed by atoms with E-state index in [4.69, 9.17) is 5.73 Å². The Kier molecular flexibility index (Phi) is 2.46. The molecule has 1 heterocycles. The summed E-state index contributed by atoms with van der Waals surface area (Å²) in [4.78, 5) is 0. The van der Waals surface area contributed by atoms with Crippen LogP contribution in [0.15, 0.2) is 10.8 Å². The van der Waals surface area contributed by atoms with Crippen molar-refractivity contribution < 1.29 is 0 Å². The minimum absolute atomic E-state index is 0.616. The summed E-state index contributed by atoms with van der Waals surface area (Å²) in [6.07, 6.45) is 0. The molecule has 1 aromatic heterocycles. The van der Waals surface area contributed by atoms with Gasteiger partial charge in [-0.25, -0.2) is 0 Å². The first-order valence-electron chi connectivity index (χ1n) is 3.50. The Balaban J connectivity index is 2.90. The molecule has 0 aliphatic rings. The van der Waals surface area contributed by atoms with E-state index in [0.717, 1.165) is 0 Å². The van der Waals surface area contributed by atoms with Crippen LogP contribution in [-0.4, -0.2) is 0 Å². The Labute approximate surface area is 65.9 Å². The smallest absolute Gasteiger partial charge is 0.0189 e. The molecular weight excluding hydrogens is 142 g/mol. The Morgan fingerprint density at radius 2 is 2.20 bits per heavy atom. The van der Waals surface area contributed by atoms with Crippen LogP contribution in [0.25, 0.3) is 0 Å². The van der Waals surface area contributed by atoms with Crippen molar-refractivity contribution in [2.45, 2.75) is 26.3 Å². The highest BCUT2D eigenvalue weighted by atomic mass is 32.1. The first kappa shape index (κ1) is 7.76. The van der Waals surface area contributed by atoms with Crippen LogP contribution in [0.2, 0.25) is 0 Å². The molecule has 1 aromatic rings. The maximum absolute atomic E-state index is 5.54. The van der Waals surface area contributed by atoms with Gasteiger partial charge >= 0.3 is 0 Å². The van der Waals surface area contributed by atoms with Gasteiger partial charge in [0.15, 0.2) is 0 Å². The molecule has 1 rings (SSSR count). The van der Waals surface area contributed by atoms with E-state index in [1.807, 2.05) is 0 Å². The summed E-state index contributed by atoms with van der Waals surface area (Å²) in [6.45, 7) is 5.07. The zero-order valence-electron chi connectivity index (χ0n) is 6.42. The topological polar surface area (TPSA) is 26.0 Å². The third-order valence-electron chi connectivity index (χ3n) is 1.62. The standard InChI is InChI=1S/C8H13NS/c1-6(2)8-5-10-4-7(8)3-9/h4-6H,3,9H2,1-2H3. The van der Waals surface area contributed by atoms with E-state index in [0.29, 0.717) is 12.5 Å². The number of thiophene rings is 1. The summed E-state index contributed by atoms with van der Waals surface area (Å²) < 4.78 is 0. The van der Waals surface area contributed by atoms with Gasteiger partial charge in [-0.1, -0.05) is 13.8 Å². The van der Waals surface area contributed by atoms with Gasteiger partial charge in [0.1, 0.15) is 0 Å². The van der Waals surface area contributed by atoms with Gasteiger partial charge in [-0.3, -0.25) is 0 Å². The van der Waals surface area contributed by atoms with Crippen LogP contribution in [0.4, 0.5) is 0 Å². The number of hydrogen-bond donors (Lipinski definition) is 1. The molecule has 0 aliphatic carbocycles. The molecule has 0 atom stereocenters. The molecule has 10 heavy (non-hydrogen) atoms. The molecule has 0 aromatic carbocycles. The van der Waals surface area contributed by atoms with Crippen molar-refractivity contribution in [2.24, 2.45) is 5.73 Å². The lowest BCUT2D eigenvalue weighted by Crippen LogP contribution is -1.99. The van der Waals surface area contributed by atoms with E-state index < -0.39 is 0 Å². The van der Waals surface area contributed by atoms with Crippen molar-refractivity contribution >= 4 is 11.3 Å². The van der Waals surface area contributed by atoms with Crippen molar-refractivity contribution in [3.05, 3.63) is 21.9 Å². The SMILES string of the molecule is CC(C)c1cscc1CN. The number of hydrogen-bond acceptors (Lipinski definition) is 2. The third-order valence-corrected chi connectivity index (χ3v) is 2.43. The van der Waals surface area contributed by atoms with Crippen molar-refractivity contribution in [1.29, 1.82) is 0 Å². The average Bonchev–Trinajstić information content (AvgIpc) is 2.33. The lowest BCUT2D eigenvalue weighted by molar-refractivity contribution is 0.847. The normalized spacial score (nSPS) is 10.8. The summed E-state index contributed by atoms with van der Waals surface area (Å²) in [5, 5.41) is 4.32. The summed E-state index contributed by atoms with van der Waals surface area (Å²) >= 11 is 1.74. The van der Waals surface area contributed by atoms with Gasteiger partial charge in [0.2, 0.25) is 0 Å². The molecule has 56 valence electrons. The second kappa shape index (κ2) is 3.17. The molecule has 0 aliphatic heterocycles. The maximum Gasteiger partial charge on any atom is 0.0189 e. The van der Waals surface area contributed by atoms with Crippen LogP contribution in [0.3, 0.4) is 0 Å². The van der Waals surface area contributed by atoms with Gasteiger partial charge in [-0.15, -0.1) is 0 Å². The largest absolute Gasteiger partial charge is 0.326 e. The van der Waals surface area contributed by atoms with Crippen molar-refractivity contribution in [3.63, 3.8) is 0 Å². The Hall–Kier alpha value is -0.340. The van der Waals surface area contributed by atoms with Crippen LogP contribution in [0.1, 0.15) is 30.9 Å². The van der Waals surface area contributed by atoms with E-state index in [9.17, 15) is 0 Å². The molecule has 0 fully saturated rings. The van der Waals surface area contributed by atoms with E-state index in [1.165, 1.54) is 11.1 Å². The first-order chi connectivity index (χ1) is 4.75. The molecule has 1 nitrogen and oxygen atoms in total. The molecule has 2 heteroatoms. The molecule has 0 unspecified atom stereocenters. The van der Waals surface area contributed by atoms with Crippen LogP contribution in [0, 0.1) is 0 Å². The van der Waals surface area contributed by atoms with E-state index in [2.05, 4.69) is 24.6 Å². The molecule has 0 bridgehead atoms. The maximum atomic E-state index is 5.54. The summed E-state index contributed by atoms with van der Waals surface area (Å²) in [7, 11) is 0.